The van der Waals surface area contributed by atoms with Gasteiger partial charge in [-0.2, -0.15) is 0 Å². The number of carbonyl (C=O) groups is 1. The van der Waals surface area contributed by atoms with E-state index in [1.807, 2.05) is 6.92 Å². The molecule has 3 atom stereocenters. The molecular weight excluding hydrogens is 318 g/mol. The van der Waals surface area contributed by atoms with E-state index in [1.165, 1.54) is 10.8 Å². The first kappa shape index (κ1) is 17.8. The number of aryl methyl sites for hydroxylation is 1. The second-order valence-corrected chi connectivity index (χ2v) is 5.48. The molecule has 1 aromatic heterocycles. The fraction of sp³-hybridized carbons (Fsp3) is 0.643. The molecule has 0 unspecified atom stereocenters. The van der Waals surface area contributed by atoms with Crippen LogP contribution >= 0.6 is 0 Å². The Kier molecular flexibility index (Phi) is 5.78. The van der Waals surface area contributed by atoms with Gasteiger partial charge < -0.3 is 9.47 Å². The molecule has 1 aliphatic heterocycles. The number of aromatic amines is 1. The minimum Gasteiger partial charge on any atom is -0.459 e. The van der Waals surface area contributed by atoms with Crippen LogP contribution in [0, 0.1) is 6.92 Å². The lowest BCUT2D eigenvalue weighted by molar-refractivity contribution is -0.151. The Balaban J connectivity index is 2.10. The molecule has 0 saturated carbocycles. The lowest BCUT2D eigenvalue weighted by atomic mass is 10.1. The van der Waals surface area contributed by atoms with Gasteiger partial charge in [0.2, 0.25) is 0 Å². The number of esters is 1. The van der Waals surface area contributed by atoms with E-state index in [1.54, 1.807) is 6.92 Å². The summed E-state index contributed by atoms with van der Waals surface area (Å²) in [6.45, 7) is 3.50. The van der Waals surface area contributed by atoms with Crippen LogP contribution in [0.3, 0.4) is 0 Å². The van der Waals surface area contributed by atoms with Crippen molar-refractivity contribution >= 4 is 5.97 Å². The zero-order valence-electron chi connectivity index (χ0n) is 13.5. The average molecular weight is 337 g/mol. The highest BCUT2D eigenvalue weighted by atomic mass is 16.6. The van der Waals surface area contributed by atoms with Crippen molar-refractivity contribution in [1.29, 1.82) is 0 Å². The quantitative estimate of drug-likeness (QED) is 0.359. The molecule has 2 heterocycles. The lowest BCUT2D eigenvalue weighted by Gasteiger charge is -2.16. The fourth-order valence-electron chi connectivity index (χ4n) is 2.57. The summed E-state index contributed by atoms with van der Waals surface area (Å²) in [5.74, 6) is -0.486. The Hall–Kier alpha value is -2.58. The van der Waals surface area contributed by atoms with Crippen molar-refractivity contribution in [1.82, 2.24) is 9.55 Å². The number of H-pyrrole nitrogens is 1. The summed E-state index contributed by atoms with van der Waals surface area (Å²) in [6.07, 6.45) is 0.853. The van der Waals surface area contributed by atoms with Crippen molar-refractivity contribution in [3.05, 3.63) is 43.0 Å². The van der Waals surface area contributed by atoms with E-state index in [9.17, 15) is 14.4 Å². The van der Waals surface area contributed by atoms with E-state index >= 15 is 0 Å². The Morgan fingerprint density at radius 1 is 1.58 bits per heavy atom. The van der Waals surface area contributed by atoms with Gasteiger partial charge >= 0.3 is 11.7 Å². The van der Waals surface area contributed by atoms with E-state index in [4.69, 9.17) is 15.0 Å². The standard InChI is InChI=1S/C14H19N5O5/c1-3-9-10(24-12(20)4-5-16-18-15)6-11(23-9)19-7-8(2)13(21)17-14(19)22/h7,9-11H,3-6H2,1-2H3,(H,17,21,22)/t9-,10-,11-/m1/s1. The van der Waals surface area contributed by atoms with Crippen LogP contribution in [0.25, 0.3) is 10.4 Å². The number of hydrogen-bond acceptors (Lipinski definition) is 6. The Morgan fingerprint density at radius 2 is 2.33 bits per heavy atom. The number of nitrogens with one attached hydrogen (secondary N) is 1. The molecule has 10 heteroatoms. The molecule has 0 amide bonds. The number of carbonyl (C=O) groups excluding carboxylic acids is 1. The van der Waals surface area contributed by atoms with Crippen molar-refractivity contribution in [2.24, 2.45) is 5.11 Å². The highest BCUT2D eigenvalue weighted by Gasteiger charge is 2.38. The van der Waals surface area contributed by atoms with Gasteiger partial charge in [-0.25, -0.2) is 4.79 Å². The van der Waals surface area contributed by atoms with Crippen molar-refractivity contribution in [2.45, 2.75) is 51.5 Å². The molecule has 0 aromatic carbocycles. The van der Waals surface area contributed by atoms with Gasteiger partial charge in [0, 0.05) is 29.6 Å². The molecular formula is C14H19N5O5. The average Bonchev–Trinajstić information content (AvgIpc) is 2.93. The second kappa shape index (κ2) is 7.80. The van der Waals surface area contributed by atoms with E-state index in [0.717, 1.165) is 0 Å². The number of hydrogen-bond donors (Lipinski definition) is 1. The van der Waals surface area contributed by atoms with Gasteiger partial charge in [-0.1, -0.05) is 12.0 Å². The van der Waals surface area contributed by atoms with Crippen LogP contribution in [0.5, 0.6) is 0 Å². The molecule has 1 aromatic rings. The largest absolute Gasteiger partial charge is 0.459 e. The third kappa shape index (κ3) is 4.03. The number of ether oxygens (including phenoxy) is 2. The van der Waals surface area contributed by atoms with Crippen LogP contribution < -0.4 is 11.2 Å². The van der Waals surface area contributed by atoms with Gasteiger partial charge in [0.15, 0.2) is 0 Å². The molecule has 0 radical (unpaired) electrons. The van der Waals surface area contributed by atoms with E-state index < -0.39 is 29.6 Å². The molecule has 1 fully saturated rings. The Morgan fingerprint density at radius 3 is 3.00 bits per heavy atom. The maximum absolute atomic E-state index is 12.0. The van der Waals surface area contributed by atoms with Crippen LogP contribution in [0.2, 0.25) is 0 Å². The SMILES string of the molecule is CC[C@H]1O[C@@H](n2cc(C)c(=O)[nH]c2=O)C[C@H]1OC(=O)CCN=[N+]=[N-]. The lowest BCUT2D eigenvalue weighted by Crippen LogP contribution is -2.33. The maximum Gasteiger partial charge on any atom is 0.330 e. The summed E-state index contributed by atoms with van der Waals surface area (Å²) in [5.41, 5.74) is 7.58. The molecule has 0 aliphatic carbocycles. The van der Waals surface area contributed by atoms with Gasteiger partial charge in [-0.15, -0.1) is 0 Å². The first-order valence-corrected chi connectivity index (χ1v) is 7.64. The monoisotopic (exact) mass is 337 g/mol. The van der Waals surface area contributed by atoms with Crippen molar-refractivity contribution in [3.8, 4) is 0 Å². The topological polar surface area (TPSA) is 139 Å². The van der Waals surface area contributed by atoms with Crippen LogP contribution in [0.1, 0.15) is 38.0 Å². The zero-order valence-corrected chi connectivity index (χ0v) is 13.5. The highest BCUT2D eigenvalue weighted by molar-refractivity contribution is 5.69. The Labute approximate surface area is 137 Å². The molecule has 1 aliphatic rings. The normalized spacial score (nSPS) is 22.8. The number of azide groups is 1. The van der Waals surface area contributed by atoms with Crippen LogP contribution in [-0.4, -0.2) is 34.3 Å². The summed E-state index contributed by atoms with van der Waals surface area (Å²) < 4.78 is 12.5. The molecule has 1 saturated heterocycles. The molecule has 130 valence electrons. The van der Waals surface area contributed by atoms with Gasteiger partial charge in [0.05, 0.1) is 12.5 Å². The van der Waals surface area contributed by atoms with Crippen LogP contribution in [0.15, 0.2) is 20.9 Å². The predicted octanol–water partition coefficient (Wildman–Crippen LogP) is 1.15. The smallest absolute Gasteiger partial charge is 0.330 e. The summed E-state index contributed by atoms with van der Waals surface area (Å²) >= 11 is 0. The zero-order chi connectivity index (χ0) is 17.7. The van der Waals surface area contributed by atoms with E-state index in [0.29, 0.717) is 18.4 Å². The predicted molar refractivity (Wildman–Crippen MR) is 83.4 cm³/mol. The molecule has 10 nitrogen and oxygen atoms in total. The third-order valence-electron chi connectivity index (χ3n) is 3.80. The summed E-state index contributed by atoms with van der Waals surface area (Å²) in [5, 5.41) is 3.29. The summed E-state index contributed by atoms with van der Waals surface area (Å²) in [6, 6.07) is 0. The number of aromatic nitrogens is 2. The van der Waals surface area contributed by atoms with E-state index in [-0.39, 0.29) is 19.1 Å². The fourth-order valence-corrected chi connectivity index (χ4v) is 2.57. The van der Waals surface area contributed by atoms with Crippen molar-refractivity contribution in [3.63, 3.8) is 0 Å². The van der Waals surface area contributed by atoms with Crippen LogP contribution in [-0.2, 0) is 14.3 Å². The first-order chi connectivity index (χ1) is 11.5. The first-order valence-electron chi connectivity index (χ1n) is 7.64. The molecule has 0 spiro atoms. The van der Waals surface area contributed by atoms with Crippen LogP contribution in [0.4, 0.5) is 0 Å². The minimum atomic E-state index is -0.618. The van der Waals surface area contributed by atoms with Gasteiger partial charge in [-0.05, 0) is 18.9 Å². The molecule has 24 heavy (non-hydrogen) atoms. The molecule has 0 bridgehead atoms. The van der Waals surface area contributed by atoms with E-state index in [2.05, 4.69) is 15.0 Å². The van der Waals surface area contributed by atoms with Crippen molar-refractivity contribution < 1.29 is 14.3 Å². The highest BCUT2D eigenvalue weighted by Crippen LogP contribution is 2.31. The number of rotatable bonds is 6. The number of nitrogens with zero attached hydrogens (tertiary/aromatic N) is 4. The second-order valence-electron chi connectivity index (χ2n) is 5.48. The van der Waals surface area contributed by atoms with Gasteiger partial charge in [0.25, 0.3) is 5.56 Å². The van der Waals surface area contributed by atoms with Gasteiger partial charge in [0.1, 0.15) is 12.3 Å². The summed E-state index contributed by atoms with van der Waals surface area (Å²) in [4.78, 5) is 40.0. The summed E-state index contributed by atoms with van der Waals surface area (Å²) in [7, 11) is 0. The van der Waals surface area contributed by atoms with Crippen molar-refractivity contribution in [2.75, 3.05) is 6.54 Å². The minimum absolute atomic E-state index is 0.0145. The molecule has 2 rings (SSSR count). The third-order valence-corrected chi connectivity index (χ3v) is 3.80. The molecule has 1 N–H and O–H groups in total. The Bertz CT molecular complexity index is 764. The maximum atomic E-state index is 12.0. The van der Waals surface area contributed by atoms with Gasteiger partial charge in [-0.3, -0.25) is 19.1 Å².